The Bertz CT molecular complexity index is 496. The van der Waals surface area contributed by atoms with Gasteiger partial charge in [0.05, 0.1) is 5.41 Å². The number of nitrogens with one attached hydrogen (secondary N) is 2. The SMILES string of the molecule is O=C1Nc2ccc(C(F)F)cc2C12CCNCC2. The average molecular weight is 252 g/mol. The van der Waals surface area contributed by atoms with Crippen LogP contribution in [-0.2, 0) is 10.2 Å². The maximum Gasteiger partial charge on any atom is 0.263 e. The van der Waals surface area contributed by atoms with E-state index in [0.29, 0.717) is 18.5 Å². The van der Waals surface area contributed by atoms with Crippen LogP contribution in [0.5, 0.6) is 0 Å². The molecule has 1 saturated heterocycles. The predicted molar refractivity (Wildman–Crippen MR) is 63.8 cm³/mol. The van der Waals surface area contributed by atoms with Crippen molar-refractivity contribution in [2.75, 3.05) is 18.4 Å². The number of benzene rings is 1. The van der Waals surface area contributed by atoms with E-state index in [1.807, 2.05) is 0 Å². The van der Waals surface area contributed by atoms with Crippen molar-refractivity contribution in [3.63, 3.8) is 0 Å². The summed E-state index contributed by atoms with van der Waals surface area (Å²) in [5.74, 6) is -0.0505. The summed E-state index contributed by atoms with van der Waals surface area (Å²) in [6.07, 6.45) is -1.17. The average Bonchev–Trinajstić information content (AvgIpc) is 2.63. The molecule has 1 aromatic rings. The molecule has 3 nitrogen and oxygen atoms in total. The number of hydrogen-bond donors (Lipinski definition) is 2. The van der Waals surface area contributed by atoms with Crippen LogP contribution in [0.2, 0.25) is 0 Å². The summed E-state index contributed by atoms with van der Waals surface area (Å²) in [5.41, 5.74) is 0.812. The minimum absolute atomic E-state index is 0.0110. The standard InChI is InChI=1S/C13H14F2N2O/c14-11(15)8-1-2-10-9(7-8)13(12(18)17-10)3-5-16-6-4-13/h1-2,7,11,16H,3-6H2,(H,17,18). The van der Waals surface area contributed by atoms with E-state index in [1.54, 1.807) is 6.07 Å². The molecular weight excluding hydrogens is 238 g/mol. The molecule has 0 aliphatic carbocycles. The van der Waals surface area contributed by atoms with Gasteiger partial charge in [0.1, 0.15) is 0 Å². The zero-order chi connectivity index (χ0) is 12.8. The largest absolute Gasteiger partial charge is 0.325 e. The molecule has 2 N–H and O–H groups in total. The van der Waals surface area contributed by atoms with Gasteiger partial charge in [-0.05, 0) is 43.6 Å². The summed E-state index contributed by atoms with van der Waals surface area (Å²) >= 11 is 0. The van der Waals surface area contributed by atoms with E-state index in [0.717, 1.165) is 18.7 Å². The summed E-state index contributed by atoms with van der Waals surface area (Å²) in [6.45, 7) is 1.48. The first-order valence-corrected chi connectivity index (χ1v) is 6.08. The summed E-state index contributed by atoms with van der Waals surface area (Å²) in [5, 5.41) is 6.01. The summed E-state index contributed by atoms with van der Waals surface area (Å²) < 4.78 is 25.5. The normalized spacial score (nSPS) is 21.2. The molecule has 0 radical (unpaired) electrons. The fourth-order valence-corrected chi connectivity index (χ4v) is 2.92. The Morgan fingerprint density at radius 2 is 1.94 bits per heavy atom. The Morgan fingerprint density at radius 1 is 1.22 bits per heavy atom. The fourth-order valence-electron chi connectivity index (χ4n) is 2.92. The third-order valence-corrected chi connectivity index (χ3v) is 3.95. The van der Waals surface area contributed by atoms with Gasteiger partial charge in [-0.2, -0.15) is 0 Å². The molecule has 0 unspecified atom stereocenters. The molecular formula is C13H14F2N2O. The highest BCUT2D eigenvalue weighted by Gasteiger charge is 2.47. The van der Waals surface area contributed by atoms with E-state index in [-0.39, 0.29) is 11.5 Å². The van der Waals surface area contributed by atoms with E-state index < -0.39 is 11.8 Å². The fraction of sp³-hybridized carbons (Fsp3) is 0.462. The van der Waals surface area contributed by atoms with Gasteiger partial charge in [-0.1, -0.05) is 6.07 Å². The number of halogens is 2. The molecule has 1 aromatic carbocycles. The number of hydrogen-bond acceptors (Lipinski definition) is 2. The summed E-state index contributed by atoms with van der Waals surface area (Å²) in [6, 6.07) is 4.46. The van der Waals surface area contributed by atoms with Gasteiger partial charge in [-0.3, -0.25) is 4.79 Å². The second-order valence-corrected chi connectivity index (χ2v) is 4.89. The Morgan fingerprint density at radius 3 is 2.61 bits per heavy atom. The van der Waals surface area contributed by atoms with Crippen molar-refractivity contribution in [3.05, 3.63) is 29.3 Å². The molecule has 0 saturated carbocycles. The van der Waals surface area contributed by atoms with Crippen molar-refractivity contribution in [2.24, 2.45) is 0 Å². The van der Waals surface area contributed by atoms with Gasteiger partial charge >= 0.3 is 0 Å². The lowest BCUT2D eigenvalue weighted by Crippen LogP contribution is -2.44. The van der Waals surface area contributed by atoms with Crippen LogP contribution in [0, 0.1) is 0 Å². The number of amides is 1. The van der Waals surface area contributed by atoms with Crippen LogP contribution in [0.3, 0.4) is 0 Å². The zero-order valence-corrected chi connectivity index (χ0v) is 9.80. The van der Waals surface area contributed by atoms with Crippen LogP contribution in [0.25, 0.3) is 0 Å². The van der Waals surface area contributed by atoms with Gasteiger partial charge in [-0.25, -0.2) is 8.78 Å². The van der Waals surface area contributed by atoms with Gasteiger partial charge in [0.2, 0.25) is 5.91 Å². The van der Waals surface area contributed by atoms with E-state index >= 15 is 0 Å². The van der Waals surface area contributed by atoms with Gasteiger partial charge in [-0.15, -0.1) is 0 Å². The monoisotopic (exact) mass is 252 g/mol. The molecule has 3 rings (SSSR count). The quantitative estimate of drug-likeness (QED) is 0.804. The minimum atomic E-state index is -2.50. The number of piperidine rings is 1. The lowest BCUT2D eigenvalue weighted by Gasteiger charge is -2.32. The molecule has 2 aliphatic rings. The number of rotatable bonds is 1. The van der Waals surface area contributed by atoms with E-state index in [1.165, 1.54) is 12.1 Å². The summed E-state index contributed by atoms with van der Waals surface area (Å²) in [4.78, 5) is 12.2. The van der Waals surface area contributed by atoms with Gasteiger partial charge in [0.25, 0.3) is 6.43 Å². The molecule has 96 valence electrons. The highest BCUT2D eigenvalue weighted by molar-refractivity contribution is 6.06. The molecule has 0 bridgehead atoms. The van der Waals surface area contributed by atoms with E-state index in [9.17, 15) is 13.6 Å². The first-order chi connectivity index (χ1) is 8.63. The second-order valence-electron chi connectivity index (χ2n) is 4.89. The van der Waals surface area contributed by atoms with Crippen LogP contribution in [0.1, 0.15) is 30.4 Å². The molecule has 2 heterocycles. The van der Waals surface area contributed by atoms with Crippen molar-refractivity contribution < 1.29 is 13.6 Å². The smallest absolute Gasteiger partial charge is 0.263 e. The lowest BCUT2D eigenvalue weighted by molar-refractivity contribution is -0.121. The molecule has 5 heteroatoms. The highest BCUT2D eigenvalue weighted by atomic mass is 19.3. The van der Waals surface area contributed by atoms with Crippen LogP contribution in [0.15, 0.2) is 18.2 Å². The summed E-state index contributed by atoms with van der Waals surface area (Å²) in [7, 11) is 0. The molecule has 1 amide bonds. The van der Waals surface area contributed by atoms with Crippen molar-refractivity contribution in [2.45, 2.75) is 24.7 Å². The first kappa shape index (κ1) is 11.6. The molecule has 0 atom stereocenters. The molecule has 2 aliphatic heterocycles. The number of carbonyl (C=O) groups is 1. The lowest BCUT2D eigenvalue weighted by atomic mass is 9.74. The molecule has 18 heavy (non-hydrogen) atoms. The van der Waals surface area contributed by atoms with E-state index in [2.05, 4.69) is 10.6 Å². The van der Waals surface area contributed by atoms with Crippen molar-refractivity contribution >= 4 is 11.6 Å². The Hall–Kier alpha value is -1.49. The van der Waals surface area contributed by atoms with Gasteiger partial charge in [0, 0.05) is 11.3 Å². The predicted octanol–water partition coefficient (Wildman–Crippen LogP) is 2.20. The number of anilines is 1. The van der Waals surface area contributed by atoms with Gasteiger partial charge < -0.3 is 10.6 Å². The topological polar surface area (TPSA) is 41.1 Å². The maximum atomic E-state index is 12.8. The third kappa shape index (κ3) is 1.54. The van der Waals surface area contributed by atoms with Gasteiger partial charge in [0.15, 0.2) is 0 Å². The maximum absolute atomic E-state index is 12.8. The van der Waals surface area contributed by atoms with Crippen LogP contribution >= 0.6 is 0 Å². The Labute approximate surface area is 104 Å². The van der Waals surface area contributed by atoms with Crippen molar-refractivity contribution in [1.82, 2.24) is 5.32 Å². The Balaban J connectivity index is 2.09. The van der Waals surface area contributed by atoms with Crippen LogP contribution in [0.4, 0.5) is 14.5 Å². The highest BCUT2D eigenvalue weighted by Crippen LogP contribution is 2.44. The van der Waals surface area contributed by atoms with Crippen LogP contribution in [-0.4, -0.2) is 19.0 Å². The van der Waals surface area contributed by atoms with Crippen molar-refractivity contribution in [3.8, 4) is 0 Å². The zero-order valence-electron chi connectivity index (χ0n) is 9.80. The molecule has 1 spiro atoms. The minimum Gasteiger partial charge on any atom is -0.325 e. The second kappa shape index (κ2) is 4.02. The van der Waals surface area contributed by atoms with E-state index in [4.69, 9.17) is 0 Å². The molecule has 1 fully saturated rings. The number of fused-ring (bicyclic) bond motifs is 2. The third-order valence-electron chi connectivity index (χ3n) is 3.95. The number of carbonyl (C=O) groups excluding carboxylic acids is 1. The Kier molecular flexibility index (Phi) is 2.59. The van der Waals surface area contributed by atoms with Crippen molar-refractivity contribution in [1.29, 1.82) is 0 Å². The molecule has 0 aromatic heterocycles. The number of alkyl halides is 2. The van der Waals surface area contributed by atoms with Crippen LogP contribution < -0.4 is 10.6 Å². The first-order valence-electron chi connectivity index (χ1n) is 6.08.